The number of nitrogens with one attached hydrogen (secondary N) is 1. The molecule has 6 nitrogen and oxygen atoms in total. The second kappa shape index (κ2) is 4.69. The van der Waals surface area contributed by atoms with Gasteiger partial charge in [-0.25, -0.2) is 4.68 Å². The van der Waals surface area contributed by atoms with E-state index >= 15 is 0 Å². The molecule has 2 aromatic rings. The molecule has 0 saturated carbocycles. The molecule has 0 radical (unpaired) electrons. The Kier molecular flexibility index (Phi) is 3.24. The predicted octanol–water partition coefficient (Wildman–Crippen LogP) is 1.26. The zero-order chi connectivity index (χ0) is 13.3. The summed E-state index contributed by atoms with van der Waals surface area (Å²) in [5.41, 5.74) is -0.271. The predicted molar refractivity (Wildman–Crippen MR) is 67.1 cm³/mol. The van der Waals surface area contributed by atoms with E-state index in [1.807, 2.05) is 0 Å². The topological polar surface area (TPSA) is 95.3 Å². The molecule has 2 rings (SSSR count). The number of carbonyl (C=O) groups is 1. The lowest BCUT2D eigenvalue weighted by molar-refractivity contribution is -0.136. The van der Waals surface area contributed by atoms with E-state index in [-0.39, 0.29) is 5.56 Å². The van der Waals surface area contributed by atoms with E-state index in [4.69, 9.17) is 5.11 Å². The lowest BCUT2D eigenvalue weighted by atomic mass is 10.2. The van der Waals surface area contributed by atoms with Crippen LogP contribution in [-0.4, -0.2) is 26.0 Å². The van der Waals surface area contributed by atoms with Crippen molar-refractivity contribution in [3.8, 4) is 11.6 Å². The van der Waals surface area contributed by atoms with Crippen molar-refractivity contribution in [2.75, 3.05) is 0 Å². The first-order chi connectivity index (χ1) is 8.50. The van der Waals surface area contributed by atoms with Gasteiger partial charge in [0, 0.05) is 4.47 Å². The summed E-state index contributed by atoms with van der Waals surface area (Å²) in [6.07, 6.45) is -0.529. The molecule has 0 aliphatic carbocycles. The number of aliphatic carboxylic acids is 1. The van der Waals surface area contributed by atoms with Crippen molar-refractivity contribution >= 4 is 21.9 Å². The van der Waals surface area contributed by atoms with Crippen molar-refractivity contribution in [2.45, 2.75) is 6.42 Å². The van der Waals surface area contributed by atoms with Crippen LogP contribution in [0, 0.1) is 0 Å². The number of H-pyrrole nitrogens is 1. The highest BCUT2D eigenvalue weighted by Crippen LogP contribution is 2.24. The van der Waals surface area contributed by atoms with Crippen molar-refractivity contribution in [1.29, 1.82) is 0 Å². The average Bonchev–Trinajstić information content (AvgIpc) is 2.57. The van der Waals surface area contributed by atoms with Crippen molar-refractivity contribution in [3.05, 3.63) is 44.7 Å². The third-order valence-corrected chi connectivity index (χ3v) is 3.06. The fourth-order valence-electron chi connectivity index (χ4n) is 1.58. The molecule has 0 aliphatic rings. The molecule has 1 heterocycles. The van der Waals surface area contributed by atoms with Crippen LogP contribution in [-0.2, 0) is 11.2 Å². The Morgan fingerprint density at radius 3 is 2.67 bits per heavy atom. The smallest absolute Gasteiger partial charge is 0.308 e. The summed E-state index contributed by atoms with van der Waals surface area (Å²) >= 11 is 3.28. The molecule has 18 heavy (non-hydrogen) atoms. The fraction of sp³-hybridized carbons (Fsp3) is 0.0909. The van der Waals surface area contributed by atoms with Crippen LogP contribution in [0.1, 0.15) is 5.56 Å². The molecule has 0 saturated heterocycles. The Balaban J connectivity index is 2.58. The van der Waals surface area contributed by atoms with Gasteiger partial charge in [0.25, 0.3) is 5.56 Å². The number of nitrogens with zero attached hydrogens (tertiary/aromatic N) is 1. The molecule has 94 valence electrons. The second-order valence-electron chi connectivity index (χ2n) is 3.60. The van der Waals surface area contributed by atoms with Crippen LogP contribution in [0.25, 0.3) is 5.69 Å². The van der Waals surface area contributed by atoms with E-state index in [9.17, 15) is 14.7 Å². The Bertz CT molecular complexity index is 659. The molecule has 7 heteroatoms. The molecule has 0 spiro atoms. The Labute approximate surface area is 110 Å². The van der Waals surface area contributed by atoms with Gasteiger partial charge in [0.2, 0.25) is 5.88 Å². The quantitative estimate of drug-likeness (QED) is 0.795. The maximum absolute atomic E-state index is 11.6. The number of hydrogen-bond acceptors (Lipinski definition) is 3. The average molecular weight is 313 g/mol. The first-order valence-corrected chi connectivity index (χ1v) is 5.79. The van der Waals surface area contributed by atoms with Crippen molar-refractivity contribution in [1.82, 2.24) is 9.78 Å². The minimum absolute atomic E-state index is 0.168. The van der Waals surface area contributed by atoms with Gasteiger partial charge in [-0.15, -0.1) is 0 Å². The van der Waals surface area contributed by atoms with Gasteiger partial charge in [-0.3, -0.25) is 14.7 Å². The number of benzene rings is 1. The number of aromatic amines is 1. The zero-order valence-corrected chi connectivity index (χ0v) is 10.6. The van der Waals surface area contributed by atoms with Crippen molar-refractivity contribution in [2.24, 2.45) is 0 Å². The SMILES string of the molecule is O=C(O)Cc1c(O)n(-c2ccccc2Br)[nH]c1=O. The summed E-state index contributed by atoms with van der Waals surface area (Å²) in [4.78, 5) is 22.2. The van der Waals surface area contributed by atoms with E-state index in [0.717, 1.165) is 4.68 Å². The number of aromatic hydroxyl groups is 1. The third kappa shape index (κ3) is 2.17. The lowest BCUT2D eigenvalue weighted by Crippen LogP contribution is -2.11. The number of para-hydroxylation sites is 1. The Morgan fingerprint density at radius 1 is 1.39 bits per heavy atom. The minimum atomic E-state index is -1.18. The number of hydrogen-bond donors (Lipinski definition) is 3. The van der Waals surface area contributed by atoms with Gasteiger partial charge in [-0.05, 0) is 28.1 Å². The molecule has 0 atom stereocenters. The standard InChI is InChI=1S/C11H9BrN2O4/c12-7-3-1-2-4-8(7)14-11(18)6(5-9(15)16)10(17)13-14/h1-4,18H,5H2,(H,13,17)(H,15,16). The van der Waals surface area contributed by atoms with Gasteiger partial charge in [-0.2, -0.15) is 0 Å². The summed E-state index contributed by atoms with van der Waals surface area (Å²) in [6.45, 7) is 0. The van der Waals surface area contributed by atoms with E-state index in [0.29, 0.717) is 10.2 Å². The van der Waals surface area contributed by atoms with Gasteiger partial charge < -0.3 is 10.2 Å². The zero-order valence-electron chi connectivity index (χ0n) is 9.05. The monoisotopic (exact) mass is 312 g/mol. The molecule has 3 N–H and O–H groups in total. The maximum atomic E-state index is 11.6. The summed E-state index contributed by atoms with van der Waals surface area (Å²) in [6, 6.07) is 6.92. The van der Waals surface area contributed by atoms with Crippen LogP contribution >= 0.6 is 15.9 Å². The highest BCUT2D eigenvalue weighted by Gasteiger charge is 2.18. The van der Waals surface area contributed by atoms with Crippen molar-refractivity contribution in [3.63, 3.8) is 0 Å². The van der Waals surface area contributed by atoms with Crippen molar-refractivity contribution < 1.29 is 15.0 Å². The van der Waals surface area contributed by atoms with Gasteiger partial charge in [0.15, 0.2) is 0 Å². The molecule has 0 unspecified atom stereocenters. The Hall–Kier alpha value is -2.02. The largest absolute Gasteiger partial charge is 0.493 e. The van der Waals surface area contributed by atoms with Gasteiger partial charge in [-0.1, -0.05) is 12.1 Å². The van der Waals surface area contributed by atoms with E-state index in [2.05, 4.69) is 21.0 Å². The van der Waals surface area contributed by atoms with E-state index in [1.165, 1.54) is 0 Å². The first kappa shape index (κ1) is 12.4. The molecule has 0 amide bonds. The third-order valence-electron chi connectivity index (χ3n) is 2.39. The summed E-state index contributed by atoms with van der Waals surface area (Å²) in [7, 11) is 0. The lowest BCUT2D eigenvalue weighted by Gasteiger charge is -2.06. The molecule has 1 aromatic heterocycles. The molecule has 0 aliphatic heterocycles. The number of carboxylic acids is 1. The molecule has 1 aromatic carbocycles. The van der Waals surface area contributed by atoms with E-state index < -0.39 is 23.8 Å². The molecule has 0 bridgehead atoms. The minimum Gasteiger partial charge on any atom is -0.493 e. The van der Waals surface area contributed by atoms with Gasteiger partial charge >= 0.3 is 5.97 Å². The summed E-state index contributed by atoms with van der Waals surface area (Å²) < 4.78 is 1.80. The van der Waals surface area contributed by atoms with Crippen LogP contribution in [0.2, 0.25) is 0 Å². The van der Waals surface area contributed by atoms with Crippen LogP contribution in [0.5, 0.6) is 5.88 Å². The number of rotatable bonds is 3. The number of aromatic nitrogens is 2. The maximum Gasteiger partial charge on any atom is 0.308 e. The first-order valence-electron chi connectivity index (χ1n) is 5.00. The van der Waals surface area contributed by atoms with E-state index in [1.54, 1.807) is 24.3 Å². The fourth-order valence-corrected chi connectivity index (χ4v) is 2.04. The van der Waals surface area contributed by atoms with Crippen LogP contribution in [0.15, 0.2) is 33.5 Å². The normalized spacial score (nSPS) is 10.5. The van der Waals surface area contributed by atoms with Crippen LogP contribution < -0.4 is 5.56 Å². The molecular weight excluding hydrogens is 304 g/mol. The highest BCUT2D eigenvalue weighted by molar-refractivity contribution is 9.10. The summed E-state index contributed by atoms with van der Waals surface area (Å²) in [5.74, 6) is -1.57. The van der Waals surface area contributed by atoms with Crippen LogP contribution in [0.4, 0.5) is 0 Å². The van der Waals surface area contributed by atoms with Gasteiger partial charge in [0.05, 0.1) is 17.7 Å². The molecule has 0 fully saturated rings. The Morgan fingerprint density at radius 2 is 2.06 bits per heavy atom. The van der Waals surface area contributed by atoms with Crippen LogP contribution in [0.3, 0.4) is 0 Å². The molecular formula is C11H9BrN2O4. The number of carboxylic acid groups (broad SMARTS) is 1. The number of halogens is 1. The highest BCUT2D eigenvalue weighted by atomic mass is 79.9. The second-order valence-corrected chi connectivity index (χ2v) is 4.45. The van der Waals surface area contributed by atoms with Gasteiger partial charge in [0.1, 0.15) is 0 Å². The summed E-state index contributed by atoms with van der Waals surface area (Å²) in [5, 5.41) is 20.9.